The number of amides is 1. The average Bonchev–Trinajstić information content (AvgIpc) is 1.98. The highest BCUT2D eigenvalue weighted by Crippen LogP contribution is 2.36. The van der Waals surface area contributed by atoms with E-state index in [1.54, 1.807) is 7.05 Å². The Bertz CT molecular complexity index is 185. The van der Waals surface area contributed by atoms with Crippen LogP contribution in [0.3, 0.4) is 0 Å². The minimum Gasteiger partial charge on any atom is -0.408 e. The van der Waals surface area contributed by atoms with Crippen LogP contribution in [0.2, 0.25) is 18.1 Å². The summed E-state index contributed by atoms with van der Waals surface area (Å²) >= 11 is 0. The summed E-state index contributed by atoms with van der Waals surface area (Å²) in [6.07, 6.45) is 0. The number of hydrogen-bond acceptors (Lipinski definition) is 2. The summed E-state index contributed by atoms with van der Waals surface area (Å²) in [6, 6.07) is 0. The maximum atomic E-state index is 11.0. The molecule has 0 heterocycles. The van der Waals surface area contributed by atoms with E-state index >= 15 is 0 Å². The first-order valence-electron chi connectivity index (χ1n) is 4.55. The molecule has 0 unspecified atom stereocenters. The average molecular weight is 203 g/mol. The van der Waals surface area contributed by atoms with Crippen LogP contribution < -0.4 is 5.32 Å². The van der Waals surface area contributed by atoms with E-state index in [9.17, 15) is 4.79 Å². The van der Waals surface area contributed by atoms with Gasteiger partial charge in [0.2, 0.25) is 5.91 Å². The zero-order valence-corrected chi connectivity index (χ0v) is 10.5. The van der Waals surface area contributed by atoms with Crippen molar-refractivity contribution >= 4 is 14.2 Å². The van der Waals surface area contributed by atoms with Crippen LogP contribution in [0.15, 0.2) is 0 Å². The molecule has 0 saturated heterocycles. The van der Waals surface area contributed by atoms with Gasteiger partial charge in [0.1, 0.15) is 6.61 Å². The Kier molecular flexibility index (Phi) is 4.12. The van der Waals surface area contributed by atoms with Crippen LogP contribution >= 0.6 is 0 Å². The Labute approximate surface area is 82.0 Å². The Hall–Kier alpha value is -0.353. The number of carbonyl (C=O) groups is 1. The van der Waals surface area contributed by atoms with Crippen LogP contribution in [-0.4, -0.2) is 27.9 Å². The first kappa shape index (κ1) is 12.6. The highest BCUT2D eigenvalue weighted by Gasteiger charge is 2.37. The molecule has 0 aliphatic heterocycles. The summed E-state index contributed by atoms with van der Waals surface area (Å²) in [5.41, 5.74) is 0. The molecule has 0 aromatic carbocycles. The summed E-state index contributed by atoms with van der Waals surface area (Å²) in [4.78, 5) is 11.0. The summed E-state index contributed by atoms with van der Waals surface area (Å²) in [5, 5.41) is 2.71. The molecule has 0 rings (SSSR count). The maximum absolute atomic E-state index is 11.0. The van der Waals surface area contributed by atoms with Gasteiger partial charge in [-0.25, -0.2) is 0 Å². The fourth-order valence-corrected chi connectivity index (χ4v) is 1.46. The zero-order valence-electron chi connectivity index (χ0n) is 9.52. The largest absolute Gasteiger partial charge is 0.408 e. The summed E-state index contributed by atoms with van der Waals surface area (Å²) in [6.45, 7) is 10.9. The standard InChI is InChI=1S/C9H21NO2Si/c1-9(2,3)13(5,6)12-7-8(11)10-4/h7H2,1-6H3,(H,10,11). The third-order valence-corrected chi connectivity index (χ3v) is 7.13. The van der Waals surface area contributed by atoms with Crippen LogP contribution in [0.1, 0.15) is 20.8 Å². The van der Waals surface area contributed by atoms with E-state index in [2.05, 4.69) is 39.2 Å². The van der Waals surface area contributed by atoms with Gasteiger partial charge in [0.15, 0.2) is 8.32 Å². The molecule has 0 aliphatic rings. The predicted octanol–water partition coefficient (Wildman–Crippen LogP) is 1.75. The van der Waals surface area contributed by atoms with E-state index in [0.29, 0.717) is 0 Å². The van der Waals surface area contributed by atoms with Crippen molar-refractivity contribution in [2.75, 3.05) is 13.7 Å². The predicted molar refractivity (Wildman–Crippen MR) is 57.2 cm³/mol. The van der Waals surface area contributed by atoms with E-state index in [0.717, 1.165) is 0 Å². The minimum absolute atomic E-state index is 0.0511. The Morgan fingerprint density at radius 1 is 1.38 bits per heavy atom. The number of rotatable bonds is 3. The highest BCUT2D eigenvalue weighted by molar-refractivity contribution is 6.74. The first-order valence-corrected chi connectivity index (χ1v) is 7.46. The van der Waals surface area contributed by atoms with Crippen molar-refractivity contribution in [3.05, 3.63) is 0 Å². The smallest absolute Gasteiger partial charge is 0.244 e. The van der Waals surface area contributed by atoms with Crippen LogP contribution in [0.5, 0.6) is 0 Å². The van der Waals surface area contributed by atoms with Gasteiger partial charge in [-0.1, -0.05) is 20.8 Å². The summed E-state index contributed by atoms with van der Waals surface area (Å²) in [7, 11) is -0.122. The molecule has 13 heavy (non-hydrogen) atoms. The second-order valence-electron chi connectivity index (χ2n) is 4.72. The van der Waals surface area contributed by atoms with Crippen molar-refractivity contribution in [1.29, 1.82) is 0 Å². The second kappa shape index (κ2) is 4.24. The molecule has 0 aliphatic carbocycles. The van der Waals surface area contributed by atoms with Crippen LogP contribution in [0.25, 0.3) is 0 Å². The van der Waals surface area contributed by atoms with Gasteiger partial charge >= 0.3 is 0 Å². The molecule has 0 atom stereocenters. The lowest BCUT2D eigenvalue weighted by Crippen LogP contribution is -2.43. The Balaban J connectivity index is 4.12. The van der Waals surface area contributed by atoms with Crippen LogP contribution in [0.4, 0.5) is 0 Å². The van der Waals surface area contributed by atoms with E-state index in [-0.39, 0.29) is 17.6 Å². The summed E-state index contributed by atoms with van der Waals surface area (Å²) in [5.74, 6) is -0.0511. The van der Waals surface area contributed by atoms with Gasteiger partial charge in [0.05, 0.1) is 0 Å². The van der Waals surface area contributed by atoms with Gasteiger partial charge in [-0.3, -0.25) is 4.79 Å². The lowest BCUT2D eigenvalue weighted by atomic mass is 10.2. The van der Waals surface area contributed by atoms with Crippen molar-refractivity contribution < 1.29 is 9.22 Å². The second-order valence-corrected chi connectivity index (χ2v) is 9.53. The quantitative estimate of drug-likeness (QED) is 0.710. The van der Waals surface area contributed by atoms with Gasteiger partial charge in [-0.05, 0) is 18.1 Å². The van der Waals surface area contributed by atoms with E-state index in [1.165, 1.54) is 0 Å². The number of carbonyl (C=O) groups excluding carboxylic acids is 1. The fourth-order valence-electron chi connectivity index (χ4n) is 0.535. The molecule has 0 saturated carbocycles. The molecule has 0 radical (unpaired) electrons. The normalized spacial score (nSPS) is 12.8. The SMILES string of the molecule is CNC(=O)CO[Si](C)(C)C(C)(C)C. The van der Waals surface area contributed by atoms with Gasteiger partial charge in [-0.2, -0.15) is 0 Å². The Morgan fingerprint density at radius 2 is 1.85 bits per heavy atom. The molecule has 0 fully saturated rings. The third-order valence-electron chi connectivity index (χ3n) is 2.65. The molecule has 0 aromatic heterocycles. The first-order chi connectivity index (χ1) is 5.70. The molecular formula is C9H21NO2Si. The number of nitrogens with one attached hydrogen (secondary N) is 1. The van der Waals surface area contributed by atoms with E-state index < -0.39 is 8.32 Å². The molecule has 0 spiro atoms. The zero-order chi connectivity index (χ0) is 10.7. The molecule has 0 aromatic rings. The lowest BCUT2D eigenvalue weighted by Gasteiger charge is -2.35. The molecule has 1 amide bonds. The molecule has 78 valence electrons. The molecule has 4 heteroatoms. The van der Waals surface area contributed by atoms with E-state index in [4.69, 9.17) is 4.43 Å². The van der Waals surface area contributed by atoms with Gasteiger partial charge in [-0.15, -0.1) is 0 Å². The molecule has 0 bridgehead atoms. The van der Waals surface area contributed by atoms with Crippen molar-refractivity contribution in [1.82, 2.24) is 5.32 Å². The van der Waals surface area contributed by atoms with Gasteiger partial charge < -0.3 is 9.74 Å². The number of likely N-dealkylation sites (N-methyl/N-ethyl adjacent to an activating group) is 1. The highest BCUT2D eigenvalue weighted by atomic mass is 28.4. The van der Waals surface area contributed by atoms with Crippen molar-refractivity contribution in [2.45, 2.75) is 38.9 Å². The fraction of sp³-hybridized carbons (Fsp3) is 0.889. The van der Waals surface area contributed by atoms with Crippen molar-refractivity contribution in [2.24, 2.45) is 0 Å². The molecule has 3 nitrogen and oxygen atoms in total. The minimum atomic E-state index is -1.74. The molecular weight excluding hydrogens is 182 g/mol. The van der Waals surface area contributed by atoms with Crippen LogP contribution in [0, 0.1) is 0 Å². The van der Waals surface area contributed by atoms with Gasteiger partial charge in [0, 0.05) is 7.05 Å². The van der Waals surface area contributed by atoms with Crippen molar-refractivity contribution in [3.63, 3.8) is 0 Å². The van der Waals surface area contributed by atoms with Crippen molar-refractivity contribution in [3.8, 4) is 0 Å². The monoisotopic (exact) mass is 203 g/mol. The lowest BCUT2D eigenvalue weighted by molar-refractivity contribution is -0.122. The molecule has 1 N–H and O–H groups in total. The van der Waals surface area contributed by atoms with Crippen LogP contribution in [-0.2, 0) is 9.22 Å². The topological polar surface area (TPSA) is 38.3 Å². The third kappa shape index (κ3) is 3.91. The van der Waals surface area contributed by atoms with E-state index in [1.807, 2.05) is 0 Å². The Morgan fingerprint density at radius 3 is 2.15 bits per heavy atom. The number of hydrogen-bond donors (Lipinski definition) is 1. The summed E-state index contributed by atoms with van der Waals surface area (Å²) < 4.78 is 5.67. The maximum Gasteiger partial charge on any atom is 0.244 e. The van der Waals surface area contributed by atoms with Gasteiger partial charge in [0.25, 0.3) is 0 Å².